The molecule has 2 rings (SSSR count). The molecule has 1 aromatic rings. The van der Waals surface area contributed by atoms with E-state index in [-0.39, 0.29) is 12.3 Å². The van der Waals surface area contributed by atoms with Gasteiger partial charge in [0.1, 0.15) is 6.04 Å². The average molecular weight is 265 g/mol. The fraction of sp³-hybridized carbons (Fsp3) is 0.385. The van der Waals surface area contributed by atoms with Gasteiger partial charge in [0.2, 0.25) is 5.91 Å². The Kier molecular flexibility index (Phi) is 3.59. The van der Waals surface area contributed by atoms with E-state index in [0.29, 0.717) is 17.1 Å². The normalized spacial score (nSPS) is 21.9. The highest BCUT2D eigenvalue weighted by molar-refractivity contribution is 5.89. The summed E-state index contributed by atoms with van der Waals surface area (Å²) in [5.41, 5.74) is 0.660. The SMILES string of the molecule is COc1cccc(C2CC(=O)NC2C(=O)O)c1OC. The van der Waals surface area contributed by atoms with Crippen LogP contribution in [-0.4, -0.2) is 37.2 Å². The number of benzene rings is 1. The van der Waals surface area contributed by atoms with Crippen molar-refractivity contribution in [2.75, 3.05) is 14.2 Å². The van der Waals surface area contributed by atoms with Gasteiger partial charge < -0.3 is 19.9 Å². The summed E-state index contributed by atoms with van der Waals surface area (Å²) in [5, 5.41) is 11.6. The van der Waals surface area contributed by atoms with Crippen LogP contribution < -0.4 is 14.8 Å². The number of aliphatic carboxylic acids is 1. The summed E-state index contributed by atoms with van der Waals surface area (Å²) >= 11 is 0. The number of hydrogen-bond acceptors (Lipinski definition) is 4. The highest BCUT2D eigenvalue weighted by Crippen LogP contribution is 2.40. The van der Waals surface area contributed by atoms with Crippen molar-refractivity contribution < 1.29 is 24.2 Å². The Morgan fingerprint density at radius 1 is 1.37 bits per heavy atom. The first-order chi connectivity index (χ1) is 9.08. The van der Waals surface area contributed by atoms with E-state index in [4.69, 9.17) is 14.6 Å². The molecule has 6 heteroatoms. The van der Waals surface area contributed by atoms with Crippen LogP contribution in [0.3, 0.4) is 0 Å². The van der Waals surface area contributed by atoms with Gasteiger partial charge >= 0.3 is 5.97 Å². The van der Waals surface area contributed by atoms with Crippen molar-refractivity contribution in [3.8, 4) is 11.5 Å². The van der Waals surface area contributed by atoms with E-state index >= 15 is 0 Å². The van der Waals surface area contributed by atoms with E-state index in [1.807, 2.05) is 0 Å². The molecule has 1 amide bonds. The topological polar surface area (TPSA) is 84.9 Å². The molecule has 19 heavy (non-hydrogen) atoms. The van der Waals surface area contributed by atoms with Crippen LogP contribution >= 0.6 is 0 Å². The zero-order valence-electron chi connectivity index (χ0n) is 10.7. The summed E-state index contributed by atoms with van der Waals surface area (Å²) in [6.07, 6.45) is 0.125. The van der Waals surface area contributed by atoms with Gasteiger partial charge in [-0.05, 0) is 6.07 Å². The van der Waals surface area contributed by atoms with E-state index in [9.17, 15) is 9.59 Å². The van der Waals surface area contributed by atoms with Gasteiger partial charge in [0, 0.05) is 17.9 Å². The molecular formula is C13H15NO5. The van der Waals surface area contributed by atoms with Gasteiger partial charge in [0.25, 0.3) is 0 Å². The molecule has 2 atom stereocenters. The predicted octanol–water partition coefficient (Wildman–Crippen LogP) is 0.760. The average Bonchev–Trinajstić information content (AvgIpc) is 2.79. The summed E-state index contributed by atoms with van der Waals surface area (Å²) in [5.74, 6) is -0.806. The second-order valence-corrected chi connectivity index (χ2v) is 4.28. The number of ether oxygens (including phenoxy) is 2. The maximum atomic E-state index is 11.4. The molecule has 0 aliphatic carbocycles. The molecule has 1 fully saturated rings. The predicted molar refractivity (Wildman–Crippen MR) is 66.5 cm³/mol. The highest BCUT2D eigenvalue weighted by atomic mass is 16.5. The van der Waals surface area contributed by atoms with Crippen molar-refractivity contribution in [2.24, 2.45) is 0 Å². The maximum Gasteiger partial charge on any atom is 0.326 e. The second-order valence-electron chi connectivity index (χ2n) is 4.28. The fourth-order valence-electron chi connectivity index (χ4n) is 2.38. The lowest BCUT2D eigenvalue weighted by molar-refractivity contribution is -0.140. The smallest absolute Gasteiger partial charge is 0.326 e. The van der Waals surface area contributed by atoms with E-state index < -0.39 is 17.9 Å². The van der Waals surface area contributed by atoms with Crippen molar-refractivity contribution in [3.63, 3.8) is 0 Å². The lowest BCUT2D eigenvalue weighted by Crippen LogP contribution is -2.36. The van der Waals surface area contributed by atoms with Gasteiger partial charge in [-0.25, -0.2) is 4.79 Å². The van der Waals surface area contributed by atoms with Gasteiger partial charge in [0.05, 0.1) is 14.2 Å². The molecule has 1 aliphatic rings. The van der Waals surface area contributed by atoms with Crippen LogP contribution in [0.25, 0.3) is 0 Å². The van der Waals surface area contributed by atoms with Crippen molar-refractivity contribution in [1.29, 1.82) is 0 Å². The molecule has 0 spiro atoms. The minimum absolute atomic E-state index is 0.125. The van der Waals surface area contributed by atoms with Crippen molar-refractivity contribution in [3.05, 3.63) is 23.8 Å². The molecule has 1 aromatic carbocycles. The van der Waals surface area contributed by atoms with E-state index in [1.165, 1.54) is 14.2 Å². The zero-order chi connectivity index (χ0) is 14.0. The van der Waals surface area contributed by atoms with E-state index in [2.05, 4.69) is 5.32 Å². The second kappa shape index (κ2) is 5.17. The van der Waals surface area contributed by atoms with Crippen LogP contribution in [0.5, 0.6) is 11.5 Å². The standard InChI is InChI=1S/C13H15NO5/c1-18-9-5-3-4-7(12(9)19-2)8-6-10(15)14-11(8)13(16)17/h3-5,8,11H,6H2,1-2H3,(H,14,15)(H,16,17). The van der Waals surface area contributed by atoms with Crippen LogP contribution in [0.15, 0.2) is 18.2 Å². The quantitative estimate of drug-likeness (QED) is 0.839. The third-order valence-corrected chi connectivity index (χ3v) is 3.22. The highest BCUT2D eigenvalue weighted by Gasteiger charge is 2.40. The van der Waals surface area contributed by atoms with Crippen LogP contribution in [0.4, 0.5) is 0 Å². The number of rotatable bonds is 4. The van der Waals surface area contributed by atoms with Gasteiger partial charge in [-0.1, -0.05) is 12.1 Å². The maximum absolute atomic E-state index is 11.4. The van der Waals surface area contributed by atoms with Crippen LogP contribution in [0.2, 0.25) is 0 Å². The number of carboxylic acid groups (broad SMARTS) is 1. The van der Waals surface area contributed by atoms with Crippen LogP contribution in [0, 0.1) is 0 Å². The Balaban J connectivity index is 2.45. The first-order valence-electron chi connectivity index (χ1n) is 5.81. The molecule has 0 saturated carbocycles. The summed E-state index contributed by atoms with van der Waals surface area (Å²) in [4.78, 5) is 22.6. The molecule has 1 aliphatic heterocycles. The molecule has 0 bridgehead atoms. The number of amides is 1. The third-order valence-electron chi connectivity index (χ3n) is 3.22. The van der Waals surface area contributed by atoms with E-state index in [0.717, 1.165) is 0 Å². The summed E-state index contributed by atoms with van der Waals surface area (Å²) in [7, 11) is 3.00. The monoisotopic (exact) mass is 265 g/mol. The summed E-state index contributed by atoms with van der Waals surface area (Å²) in [6, 6.07) is 4.29. The van der Waals surface area contributed by atoms with Crippen molar-refractivity contribution in [1.82, 2.24) is 5.32 Å². The number of carboxylic acids is 1. The molecule has 2 unspecified atom stereocenters. The molecule has 0 radical (unpaired) electrons. The summed E-state index contributed by atoms with van der Waals surface area (Å²) in [6.45, 7) is 0. The molecule has 102 valence electrons. The zero-order valence-corrected chi connectivity index (χ0v) is 10.7. The van der Waals surface area contributed by atoms with Crippen LogP contribution in [0.1, 0.15) is 17.9 Å². The molecule has 6 nitrogen and oxygen atoms in total. The minimum Gasteiger partial charge on any atom is -0.493 e. The van der Waals surface area contributed by atoms with E-state index in [1.54, 1.807) is 18.2 Å². The van der Waals surface area contributed by atoms with Crippen LogP contribution in [-0.2, 0) is 9.59 Å². The summed E-state index contributed by atoms with van der Waals surface area (Å²) < 4.78 is 10.5. The third kappa shape index (κ3) is 2.33. The number of carbonyl (C=O) groups excluding carboxylic acids is 1. The minimum atomic E-state index is -1.05. The molecular weight excluding hydrogens is 250 g/mol. The Hall–Kier alpha value is -2.24. The Labute approximate surface area is 110 Å². The number of carbonyl (C=O) groups is 2. The number of methoxy groups -OCH3 is 2. The lowest BCUT2D eigenvalue weighted by atomic mass is 9.91. The Morgan fingerprint density at radius 3 is 2.68 bits per heavy atom. The van der Waals surface area contributed by atoms with Crippen molar-refractivity contribution >= 4 is 11.9 Å². The lowest BCUT2D eigenvalue weighted by Gasteiger charge is -2.19. The Morgan fingerprint density at radius 2 is 2.11 bits per heavy atom. The number of hydrogen-bond donors (Lipinski definition) is 2. The number of nitrogens with one attached hydrogen (secondary N) is 1. The van der Waals surface area contributed by atoms with Crippen molar-refractivity contribution in [2.45, 2.75) is 18.4 Å². The van der Waals surface area contributed by atoms with Gasteiger partial charge in [-0.2, -0.15) is 0 Å². The number of para-hydroxylation sites is 1. The van der Waals surface area contributed by atoms with Gasteiger partial charge in [-0.15, -0.1) is 0 Å². The molecule has 1 saturated heterocycles. The molecule has 0 aromatic heterocycles. The first kappa shape index (κ1) is 13.2. The van der Waals surface area contributed by atoms with Gasteiger partial charge in [0.15, 0.2) is 11.5 Å². The molecule has 2 N–H and O–H groups in total. The largest absolute Gasteiger partial charge is 0.493 e. The molecule has 1 heterocycles. The fourth-order valence-corrected chi connectivity index (χ4v) is 2.38. The van der Waals surface area contributed by atoms with Gasteiger partial charge in [-0.3, -0.25) is 4.79 Å². The Bertz CT molecular complexity index is 514. The first-order valence-corrected chi connectivity index (χ1v) is 5.81.